The number of nitrogens with zero attached hydrogens (tertiary/aromatic N) is 1. The number of carbonyl (C=O) groups is 3. The molecular weight excluding hydrogens is 510 g/mol. The summed E-state index contributed by atoms with van der Waals surface area (Å²) >= 11 is 0. The largest absolute Gasteiger partial charge is 0.462 e. The van der Waals surface area contributed by atoms with Crippen LogP contribution in [0.25, 0.3) is 0 Å². The number of rotatable bonds is 11. The molecule has 9 nitrogen and oxygen atoms in total. The van der Waals surface area contributed by atoms with Gasteiger partial charge in [0.1, 0.15) is 24.1 Å². The van der Waals surface area contributed by atoms with E-state index in [2.05, 4.69) is 15.6 Å². The molecule has 1 aliphatic heterocycles. The smallest absolute Gasteiger partial charge is 0.413 e. The molecule has 2 amide bonds. The van der Waals surface area contributed by atoms with Crippen LogP contribution in [-0.4, -0.2) is 43.6 Å². The normalized spacial score (nSPS) is 14.1. The van der Waals surface area contributed by atoms with Crippen LogP contribution in [0.3, 0.4) is 0 Å². The number of benzene rings is 3. The number of amides is 2. The van der Waals surface area contributed by atoms with Gasteiger partial charge in [-0.15, -0.1) is 0 Å². The lowest BCUT2D eigenvalue weighted by Gasteiger charge is -2.20. The van der Waals surface area contributed by atoms with E-state index in [4.69, 9.17) is 14.2 Å². The van der Waals surface area contributed by atoms with Crippen LogP contribution in [0.4, 0.5) is 15.3 Å². The van der Waals surface area contributed by atoms with Crippen molar-refractivity contribution in [2.24, 2.45) is 4.99 Å². The molecule has 3 aromatic carbocycles. The van der Waals surface area contributed by atoms with Gasteiger partial charge < -0.3 is 24.8 Å². The lowest BCUT2D eigenvalue weighted by molar-refractivity contribution is -0.146. The second-order valence-corrected chi connectivity index (χ2v) is 9.24. The van der Waals surface area contributed by atoms with Crippen LogP contribution >= 0.6 is 0 Å². The molecule has 0 bridgehead atoms. The quantitative estimate of drug-likeness (QED) is 0.244. The zero-order chi connectivity index (χ0) is 28.3. The molecule has 0 saturated heterocycles. The van der Waals surface area contributed by atoms with Gasteiger partial charge >= 0.3 is 18.2 Å². The van der Waals surface area contributed by atoms with E-state index in [1.807, 2.05) is 62.4 Å². The Morgan fingerprint density at radius 3 is 2.05 bits per heavy atom. The number of carbonyl (C=O) groups excluding carboxylic acids is 3. The van der Waals surface area contributed by atoms with Crippen LogP contribution in [-0.2, 0) is 22.4 Å². The summed E-state index contributed by atoms with van der Waals surface area (Å²) in [6.07, 6.45) is 2.30. The molecule has 40 heavy (non-hydrogen) atoms. The van der Waals surface area contributed by atoms with Gasteiger partial charge in [0, 0.05) is 12.1 Å². The number of hydrogen-bond acceptors (Lipinski definition) is 7. The Labute approximate surface area is 233 Å². The summed E-state index contributed by atoms with van der Waals surface area (Å²) in [7, 11) is 0. The van der Waals surface area contributed by atoms with E-state index in [9.17, 15) is 14.4 Å². The van der Waals surface area contributed by atoms with E-state index >= 15 is 0 Å². The molecule has 1 heterocycles. The highest BCUT2D eigenvalue weighted by Crippen LogP contribution is 2.34. The van der Waals surface area contributed by atoms with E-state index in [0.717, 1.165) is 35.2 Å². The van der Waals surface area contributed by atoms with Gasteiger partial charge in [0.05, 0.1) is 12.2 Å². The molecule has 208 valence electrons. The van der Waals surface area contributed by atoms with Crippen molar-refractivity contribution < 1.29 is 28.6 Å². The van der Waals surface area contributed by atoms with Gasteiger partial charge in [-0.1, -0.05) is 56.3 Å². The lowest BCUT2D eigenvalue weighted by atomic mass is 9.94. The second-order valence-electron chi connectivity index (χ2n) is 9.24. The van der Waals surface area contributed by atoms with Crippen LogP contribution in [0.1, 0.15) is 42.9 Å². The first-order chi connectivity index (χ1) is 19.4. The van der Waals surface area contributed by atoms with Crippen LogP contribution < -0.4 is 20.1 Å². The Kier molecular flexibility index (Phi) is 9.88. The van der Waals surface area contributed by atoms with Crippen LogP contribution in [0.5, 0.6) is 11.5 Å². The van der Waals surface area contributed by atoms with Gasteiger partial charge in [-0.3, -0.25) is 4.99 Å². The molecule has 0 spiro atoms. The molecule has 0 aliphatic carbocycles. The van der Waals surface area contributed by atoms with Crippen molar-refractivity contribution in [3.05, 3.63) is 89.5 Å². The van der Waals surface area contributed by atoms with Gasteiger partial charge in [0.25, 0.3) is 0 Å². The third kappa shape index (κ3) is 7.92. The standard InChI is InChI=1S/C31H33N3O6/c1-3-21-9-13-24(14-10-21)39-30(36)32-17-18-38-29(35)28(19-23-20-33-27-8-6-5-7-26(23)27)34-31(37)40-25-15-11-22(4-2)12-16-25/h5-16,20,23,28H,3-4,17-19H2,1-2H3,(H,32,36)(H,34,37). The lowest BCUT2D eigenvalue weighted by Crippen LogP contribution is -2.44. The second kappa shape index (κ2) is 13.9. The number of aliphatic imine (C=N–C) groups is 1. The minimum Gasteiger partial charge on any atom is -0.462 e. The van der Waals surface area contributed by atoms with E-state index in [1.54, 1.807) is 30.5 Å². The topological polar surface area (TPSA) is 115 Å². The Morgan fingerprint density at radius 2 is 1.43 bits per heavy atom. The Bertz CT molecular complexity index is 1340. The predicted molar refractivity (Wildman–Crippen MR) is 152 cm³/mol. The molecule has 0 fully saturated rings. The van der Waals surface area contributed by atoms with Gasteiger partial charge in [0.2, 0.25) is 0 Å². The first-order valence-corrected chi connectivity index (χ1v) is 13.4. The minimum absolute atomic E-state index is 0.0340. The molecule has 4 rings (SSSR count). The van der Waals surface area contributed by atoms with Crippen molar-refractivity contribution in [3.8, 4) is 11.5 Å². The van der Waals surface area contributed by atoms with Gasteiger partial charge in [-0.05, 0) is 66.3 Å². The predicted octanol–water partition coefficient (Wildman–Crippen LogP) is 5.49. The number of aryl methyl sites for hydroxylation is 2. The van der Waals surface area contributed by atoms with E-state index < -0.39 is 24.2 Å². The minimum atomic E-state index is -1.01. The summed E-state index contributed by atoms with van der Waals surface area (Å²) in [4.78, 5) is 42.2. The van der Waals surface area contributed by atoms with Crippen molar-refractivity contribution >= 4 is 30.1 Å². The molecule has 1 aliphatic rings. The highest BCUT2D eigenvalue weighted by atomic mass is 16.6. The van der Waals surface area contributed by atoms with Crippen molar-refractivity contribution in [3.63, 3.8) is 0 Å². The number of nitrogens with one attached hydrogen (secondary N) is 2. The molecule has 2 atom stereocenters. The maximum Gasteiger partial charge on any atom is 0.413 e. The summed E-state index contributed by atoms with van der Waals surface area (Å²) in [6.45, 7) is 4.00. The van der Waals surface area contributed by atoms with Crippen LogP contribution in [0.15, 0.2) is 77.8 Å². The van der Waals surface area contributed by atoms with Crippen molar-refractivity contribution in [1.82, 2.24) is 10.6 Å². The Balaban J connectivity index is 1.31. The summed E-state index contributed by atoms with van der Waals surface area (Å²) < 4.78 is 16.0. The summed E-state index contributed by atoms with van der Waals surface area (Å²) in [5, 5.41) is 5.19. The van der Waals surface area contributed by atoms with E-state index in [0.29, 0.717) is 11.5 Å². The fourth-order valence-corrected chi connectivity index (χ4v) is 4.24. The Morgan fingerprint density at radius 1 is 0.825 bits per heavy atom. The zero-order valence-corrected chi connectivity index (χ0v) is 22.6. The highest BCUT2D eigenvalue weighted by Gasteiger charge is 2.29. The van der Waals surface area contributed by atoms with Crippen LogP contribution in [0, 0.1) is 0 Å². The number of para-hydroxylation sites is 1. The van der Waals surface area contributed by atoms with E-state index in [1.165, 1.54) is 0 Å². The number of ether oxygens (including phenoxy) is 3. The summed E-state index contributed by atoms with van der Waals surface area (Å²) in [5.41, 5.74) is 4.03. The zero-order valence-electron chi connectivity index (χ0n) is 22.6. The molecule has 0 aromatic heterocycles. The number of fused-ring (bicyclic) bond motifs is 1. The fourth-order valence-electron chi connectivity index (χ4n) is 4.24. The third-order valence-electron chi connectivity index (χ3n) is 6.50. The van der Waals surface area contributed by atoms with Crippen molar-refractivity contribution in [2.45, 2.75) is 45.1 Å². The Hall–Kier alpha value is -4.66. The summed E-state index contributed by atoms with van der Waals surface area (Å²) in [5.74, 6) is -0.0644. The van der Waals surface area contributed by atoms with E-state index in [-0.39, 0.29) is 25.5 Å². The first-order valence-electron chi connectivity index (χ1n) is 13.4. The van der Waals surface area contributed by atoms with Gasteiger partial charge in [0.15, 0.2) is 0 Å². The summed E-state index contributed by atoms with van der Waals surface area (Å²) in [6, 6.07) is 21.0. The molecular formula is C31H33N3O6. The van der Waals surface area contributed by atoms with Gasteiger partial charge in [-0.25, -0.2) is 14.4 Å². The average Bonchev–Trinajstić information content (AvgIpc) is 3.38. The molecule has 0 saturated carbocycles. The SMILES string of the molecule is CCc1ccc(OC(=O)NCCOC(=O)C(CC2C=Nc3ccccc32)NC(=O)Oc2ccc(CC)cc2)cc1. The fraction of sp³-hybridized carbons (Fsp3) is 0.290. The average molecular weight is 544 g/mol. The molecule has 2 unspecified atom stereocenters. The monoisotopic (exact) mass is 543 g/mol. The van der Waals surface area contributed by atoms with Crippen molar-refractivity contribution in [2.75, 3.05) is 13.2 Å². The van der Waals surface area contributed by atoms with Crippen molar-refractivity contribution in [1.29, 1.82) is 0 Å². The molecule has 3 aromatic rings. The molecule has 0 radical (unpaired) electrons. The number of hydrogen-bond donors (Lipinski definition) is 2. The highest BCUT2D eigenvalue weighted by molar-refractivity contribution is 5.85. The van der Waals surface area contributed by atoms with Crippen LogP contribution in [0.2, 0.25) is 0 Å². The first kappa shape index (κ1) is 28.4. The third-order valence-corrected chi connectivity index (χ3v) is 6.50. The molecule has 2 N–H and O–H groups in total. The van der Waals surface area contributed by atoms with Gasteiger partial charge in [-0.2, -0.15) is 0 Å². The maximum atomic E-state index is 13.0. The maximum absolute atomic E-state index is 13.0. The number of esters is 1. The molecule has 9 heteroatoms.